The van der Waals surface area contributed by atoms with Gasteiger partial charge in [-0.05, 0) is 20.3 Å². The van der Waals surface area contributed by atoms with Crippen LogP contribution in [0.15, 0.2) is 0 Å². The van der Waals surface area contributed by atoms with Crippen LogP contribution in [0.2, 0.25) is 0 Å². The van der Waals surface area contributed by atoms with Gasteiger partial charge in [0.25, 0.3) is 0 Å². The van der Waals surface area contributed by atoms with Crippen molar-refractivity contribution in [1.29, 1.82) is 0 Å². The third-order valence-electron chi connectivity index (χ3n) is 2.60. The smallest absolute Gasteiger partial charge is 0.339 e. The largest absolute Gasteiger partial charge is 0.466 e. The van der Waals surface area contributed by atoms with E-state index >= 15 is 0 Å². The van der Waals surface area contributed by atoms with Crippen molar-refractivity contribution >= 4 is 17.9 Å². The number of rotatable bonds is 10. The van der Waals surface area contributed by atoms with E-state index in [-0.39, 0.29) is 19.8 Å². The quantitative estimate of drug-likeness (QED) is 0.364. The Balaban J connectivity index is 4.75. The fourth-order valence-electron chi connectivity index (χ4n) is 1.54. The minimum Gasteiger partial charge on any atom is -0.466 e. The summed E-state index contributed by atoms with van der Waals surface area (Å²) in [6.45, 7) is 5.42. The molecule has 122 valence electrons. The molecule has 0 aromatic heterocycles. The van der Waals surface area contributed by atoms with Crippen LogP contribution in [0, 0.1) is 0 Å². The molecular weight excluding hydrogens is 280 g/mol. The van der Waals surface area contributed by atoms with Crippen LogP contribution >= 0.6 is 0 Å². The van der Waals surface area contributed by atoms with Crippen LogP contribution in [-0.4, -0.2) is 48.4 Å². The topological polar surface area (TPSA) is 99.1 Å². The number of unbranched alkanes of at least 4 members (excludes halogenated alkanes) is 1. The van der Waals surface area contributed by atoms with Crippen LogP contribution in [0.3, 0.4) is 0 Å². The summed E-state index contributed by atoms with van der Waals surface area (Å²) in [7, 11) is 0. The maximum atomic E-state index is 11.8. The van der Waals surface area contributed by atoms with E-state index in [2.05, 4.69) is 4.74 Å². The Morgan fingerprint density at radius 3 is 1.90 bits per heavy atom. The number of hydrogen-bond donors (Lipinski definition) is 1. The molecule has 0 saturated carbocycles. The first-order valence-corrected chi connectivity index (χ1v) is 7.10. The molecule has 0 aliphatic carbocycles. The average Bonchev–Trinajstić information content (AvgIpc) is 2.39. The van der Waals surface area contributed by atoms with Gasteiger partial charge in [0, 0.05) is 0 Å². The lowest BCUT2D eigenvalue weighted by Crippen LogP contribution is -2.44. The highest BCUT2D eigenvalue weighted by Gasteiger charge is 2.43. The molecule has 0 aromatic carbocycles. The molecule has 1 unspecified atom stereocenters. The molecule has 0 bridgehead atoms. The molecule has 0 aromatic rings. The van der Waals surface area contributed by atoms with Crippen LogP contribution in [0.25, 0.3) is 0 Å². The van der Waals surface area contributed by atoms with E-state index in [1.165, 1.54) is 0 Å². The SMILES string of the molecule is CCCCOC(=O)CC(O)(CC(=O)OCC)C(=O)OCC. The summed E-state index contributed by atoms with van der Waals surface area (Å²) in [5.74, 6) is -2.58. The van der Waals surface area contributed by atoms with Crippen molar-refractivity contribution in [2.45, 2.75) is 52.1 Å². The van der Waals surface area contributed by atoms with Crippen LogP contribution < -0.4 is 0 Å². The maximum absolute atomic E-state index is 11.8. The molecule has 0 aliphatic heterocycles. The Hall–Kier alpha value is -1.63. The first-order valence-electron chi connectivity index (χ1n) is 7.10. The van der Waals surface area contributed by atoms with Gasteiger partial charge in [-0.3, -0.25) is 9.59 Å². The van der Waals surface area contributed by atoms with Gasteiger partial charge in [0.05, 0.1) is 32.7 Å². The minimum atomic E-state index is -2.26. The van der Waals surface area contributed by atoms with Gasteiger partial charge in [-0.15, -0.1) is 0 Å². The predicted molar refractivity (Wildman–Crippen MR) is 73.3 cm³/mol. The molecule has 0 amide bonds. The third-order valence-corrected chi connectivity index (χ3v) is 2.60. The van der Waals surface area contributed by atoms with Crippen molar-refractivity contribution in [3.63, 3.8) is 0 Å². The monoisotopic (exact) mass is 304 g/mol. The fraction of sp³-hybridized carbons (Fsp3) is 0.786. The van der Waals surface area contributed by atoms with Gasteiger partial charge in [-0.25, -0.2) is 4.79 Å². The first-order chi connectivity index (χ1) is 9.89. The summed E-state index contributed by atoms with van der Waals surface area (Å²) in [5.41, 5.74) is -2.26. The van der Waals surface area contributed by atoms with Crippen LogP contribution in [0.4, 0.5) is 0 Å². The Morgan fingerprint density at radius 1 is 0.905 bits per heavy atom. The highest BCUT2D eigenvalue weighted by atomic mass is 16.6. The predicted octanol–water partition coefficient (Wildman–Crippen LogP) is 0.967. The lowest BCUT2D eigenvalue weighted by molar-refractivity contribution is -0.177. The van der Waals surface area contributed by atoms with Crippen molar-refractivity contribution in [1.82, 2.24) is 0 Å². The molecule has 21 heavy (non-hydrogen) atoms. The van der Waals surface area contributed by atoms with E-state index in [1.807, 2.05) is 6.92 Å². The van der Waals surface area contributed by atoms with Crippen molar-refractivity contribution in [2.24, 2.45) is 0 Å². The van der Waals surface area contributed by atoms with Crippen molar-refractivity contribution in [3.8, 4) is 0 Å². The highest BCUT2D eigenvalue weighted by molar-refractivity contribution is 5.90. The molecule has 0 rings (SSSR count). The molecule has 0 radical (unpaired) electrons. The Bertz CT molecular complexity index is 353. The number of esters is 3. The highest BCUT2D eigenvalue weighted by Crippen LogP contribution is 2.20. The molecule has 0 saturated heterocycles. The van der Waals surface area contributed by atoms with Gasteiger partial charge in [-0.2, -0.15) is 0 Å². The summed E-state index contributed by atoms with van der Waals surface area (Å²) < 4.78 is 14.3. The number of ether oxygens (including phenoxy) is 3. The Labute approximate surface area is 124 Å². The van der Waals surface area contributed by atoms with Gasteiger partial charge < -0.3 is 19.3 Å². The number of carbonyl (C=O) groups is 3. The van der Waals surface area contributed by atoms with Gasteiger partial charge in [0.15, 0.2) is 5.60 Å². The number of aliphatic hydroxyl groups is 1. The fourth-order valence-corrected chi connectivity index (χ4v) is 1.54. The molecule has 0 fully saturated rings. The number of hydrogen-bond acceptors (Lipinski definition) is 7. The first kappa shape index (κ1) is 19.4. The van der Waals surface area contributed by atoms with Gasteiger partial charge >= 0.3 is 17.9 Å². The van der Waals surface area contributed by atoms with E-state index in [0.717, 1.165) is 6.42 Å². The molecule has 1 atom stereocenters. The van der Waals surface area contributed by atoms with Crippen molar-refractivity contribution < 1.29 is 33.7 Å². The molecule has 1 N–H and O–H groups in total. The Kier molecular flexibility index (Phi) is 9.36. The second-order valence-corrected chi connectivity index (χ2v) is 4.48. The molecule has 7 heteroatoms. The molecule has 0 heterocycles. The number of carbonyl (C=O) groups excluding carboxylic acids is 3. The molecule has 0 spiro atoms. The van der Waals surface area contributed by atoms with E-state index in [4.69, 9.17) is 9.47 Å². The summed E-state index contributed by atoms with van der Waals surface area (Å²) in [4.78, 5) is 34.9. The summed E-state index contributed by atoms with van der Waals surface area (Å²) in [5, 5.41) is 10.3. The molecule has 7 nitrogen and oxygen atoms in total. The van der Waals surface area contributed by atoms with Crippen molar-refractivity contribution in [3.05, 3.63) is 0 Å². The lowest BCUT2D eigenvalue weighted by Gasteiger charge is -2.23. The third kappa shape index (κ3) is 7.65. The summed E-state index contributed by atoms with van der Waals surface area (Å²) in [6.07, 6.45) is 0.233. The van der Waals surface area contributed by atoms with Crippen LogP contribution in [-0.2, 0) is 28.6 Å². The summed E-state index contributed by atoms with van der Waals surface area (Å²) in [6, 6.07) is 0. The van der Waals surface area contributed by atoms with E-state index in [1.54, 1.807) is 13.8 Å². The van der Waals surface area contributed by atoms with Gasteiger partial charge in [0.1, 0.15) is 0 Å². The zero-order chi connectivity index (χ0) is 16.3. The Morgan fingerprint density at radius 2 is 1.43 bits per heavy atom. The molecular formula is C14H24O7. The lowest BCUT2D eigenvalue weighted by atomic mass is 9.95. The minimum absolute atomic E-state index is 0.0227. The molecule has 0 aliphatic rings. The van der Waals surface area contributed by atoms with Gasteiger partial charge in [0.2, 0.25) is 0 Å². The second kappa shape index (κ2) is 10.1. The average molecular weight is 304 g/mol. The standard InChI is InChI=1S/C14H24O7/c1-4-7-8-21-12(16)10-14(18,13(17)20-6-3)9-11(15)19-5-2/h18H,4-10H2,1-3H3. The van der Waals surface area contributed by atoms with Crippen molar-refractivity contribution in [2.75, 3.05) is 19.8 Å². The van der Waals surface area contributed by atoms with E-state index < -0.39 is 36.4 Å². The van der Waals surface area contributed by atoms with E-state index in [9.17, 15) is 19.5 Å². The zero-order valence-corrected chi connectivity index (χ0v) is 12.8. The normalized spacial score (nSPS) is 13.1. The van der Waals surface area contributed by atoms with Gasteiger partial charge in [-0.1, -0.05) is 13.3 Å². The van der Waals surface area contributed by atoms with Crippen LogP contribution in [0.1, 0.15) is 46.5 Å². The zero-order valence-electron chi connectivity index (χ0n) is 12.8. The van der Waals surface area contributed by atoms with E-state index in [0.29, 0.717) is 6.42 Å². The summed E-state index contributed by atoms with van der Waals surface area (Å²) >= 11 is 0. The van der Waals surface area contributed by atoms with Crippen LogP contribution in [0.5, 0.6) is 0 Å². The second-order valence-electron chi connectivity index (χ2n) is 4.48. The maximum Gasteiger partial charge on any atom is 0.339 e.